The zero-order chi connectivity index (χ0) is 56.4. The van der Waals surface area contributed by atoms with Crippen LogP contribution in [0.1, 0.15) is 222 Å². The van der Waals surface area contributed by atoms with Gasteiger partial charge >= 0.3 is 5.97 Å². The highest BCUT2D eigenvalue weighted by Crippen LogP contribution is 2.52. The number of carboxylic acids is 1. The molecule has 0 saturated heterocycles. The fourth-order valence-corrected chi connectivity index (χ4v) is 14.6. The van der Waals surface area contributed by atoms with Crippen molar-refractivity contribution in [1.29, 1.82) is 0 Å². The van der Waals surface area contributed by atoms with E-state index in [-0.39, 0.29) is 11.8 Å². The molecule has 0 aliphatic heterocycles. The van der Waals surface area contributed by atoms with E-state index in [1.807, 2.05) is 13.8 Å². The summed E-state index contributed by atoms with van der Waals surface area (Å²) in [5.41, 5.74) is 33.7. The van der Waals surface area contributed by atoms with Gasteiger partial charge in [0.1, 0.15) is 6.04 Å². The van der Waals surface area contributed by atoms with Crippen molar-refractivity contribution in [3.63, 3.8) is 0 Å². The number of rotatable bonds is 20. The van der Waals surface area contributed by atoms with Crippen LogP contribution in [0.15, 0.2) is 127 Å². The number of hydrogen-bond donors (Lipinski definition) is 2. The molecule has 0 radical (unpaired) electrons. The van der Waals surface area contributed by atoms with Crippen LogP contribution < -0.4 is 5.73 Å². The molecule has 0 aliphatic rings. The van der Waals surface area contributed by atoms with E-state index in [1.54, 1.807) is 21.6 Å². The molecule has 0 aromatic heterocycles. The van der Waals surface area contributed by atoms with Gasteiger partial charge in [-0.1, -0.05) is 235 Å². The van der Waals surface area contributed by atoms with Crippen LogP contribution in [0.25, 0.3) is 66.8 Å². The Hall–Kier alpha value is -5.33. The van der Waals surface area contributed by atoms with E-state index in [9.17, 15) is 9.90 Å². The van der Waals surface area contributed by atoms with Crippen molar-refractivity contribution < 1.29 is 9.90 Å². The maximum Gasteiger partial charge on any atom is 0.321 e. The maximum absolute atomic E-state index is 12.5. The molecule has 7 aromatic rings. The number of hydrogen-bond acceptors (Lipinski definition) is 4. The smallest absolute Gasteiger partial charge is 0.321 e. The number of carboxylic acid groups (broad SMARTS) is 1. The first-order chi connectivity index (χ1) is 36.4. The number of nitrogens with two attached hydrogens (primary N) is 1. The molecule has 406 valence electrons. The minimum absolute atomic E-state index is 0.163. The molecule has 0 unspecified atom stereocenters. The van der Waals surface area contributed by atoms with Crippen molar-refractivity contribution in [3.8, 4) is 66.8 Å². The standard InChI is InChI=1S/C72H89NO2S2/c1-41(2)51-26-19-21-28-57(51)49-36-61(66(47(13)14)63(38-49)68-53(43(5)6)30-23-31-54(68)44(7)8)59-34-25-35-60(65(59)40-76-77-72(17,18)70(73)71(74)75)62-37-50(58-29-22-20-27-52(58)42(3)4)39-64(67(62)48(15)16)69-55(45(9)10)32-24-33-56(69)46(11)12/h19-39,41-48,70H,40,73H2,1-18H3,(H,74,75)/t70-/m0/s1. The Morgan fingerprint density at radius 3 is 1.04 bits per heavy atom. The zero-order valence-electron chi connectivity index (χ0n) is 49.8. The van der Waals surface area contributed by atoms with E-state index >= 15 is 0 Å². The molecular formula is C72H89NO2S2. The van der Waals surface area contributed by atoms with Crippen LogP contribution >= 0.6 is 21.6 Å². The van der Waals surface area contributed by atoms with Crippen molar-refractivity contribution in [1.82, 2.24) is 0 Å². The summed E-state index contributed by atoms with van der Waals surface area (Å²) in [5.74, 6) is 1.81. The van der Waals surface area contributed by atoms with E-state index in [2.05, 4.69) is 238 Å². The Bertz CT molecular complexity index is 2980. The molecule has 3 nitrogen and oxygen atoms in total. The first-order valence-electron chi connectivity index (χ1n) is 28.6. The highest BCUT2D eigenvalue weighted by Gasteiger charge is 2.34. The van der Waals surface area contributed by atoms with E-state index in [1.165, 1.54) is 117 Å². The van der Waals surface area contributed by atoms with Crippen molar-refractivity contribution in [2.24, 2.45) is 5.73 Å². The number of benzene rings is 7. The van der Waals surface area contributed by atoms with Gasteiger partial charge in [-0.05, 0) is 202 Å². The van der Waals surface area contributed by atoms with Crippen LogP contribution in [0.2, 0.25) is 0 Å². The predicted octanol–water partition coefficient (Wildman–Crippen LogP) is 21.7. The molecule has 0 amide bonds. The quantitative estimate of drug-likeness (QED) is 0.0745. The van der Waals surface area contributed by atoms with Gasteiger partial charge in [0.05, 0.1) is 0 Å². The largest absolute Gasteiger partial charge is 0.480 e. The first-order valence-corrected chi connectivity index (χ1v) is 30.9. The van der Waals surface area contributed by atoms with Crippen LogP contribution in [-0.4, -0.2) is 21.9 Å². The molecule has 0 aliphatic carbocycles. The monoisotopic (exact) mass is 1060 g/mol. The third kappa shape index (κ3) is 12.4. The molecule has 3 N–H and O–H groups in total. The second kappa shape index (κ2) is 24.8. The summed E-state index contributed by atoms with van der Waals surface area (Å²) in [6, 6.07) is 48.0. The minimum atomic E-state index is -1.04. The SMILES string of the molecule is CC(C)c1ccccc1-c1cc(-c2cccc(-c3cc(-c4ccccc4C(C)C)cc(-c4c(C(C)C)cccc4C(C)C)c3C(C)C)c2CSSC(C)(C)[C@@H](N)C(=O)O)c(C(C)C)c(-c2c(C(C)C)cccc2C(C)C)c1. The lowest BCUT2D eigenvalue weighted by atomic mass is 9.75. The lowest BCUT2D eigenvalue weighted by molar-refractivity contribution is -0.139. The van der Waals surface area contributed by atoms with Gasteiger partial charge in [-0.3, -0.25) is 4.79 Å². The normalized spacial score (nSPS) is 12.7. The second-order valence-electron chi connectivity index (χ2n) is 24.6. The van der Waals surface area contributed by atoms with Gasteiger partial charge in [-0.25, -0.2) is 0 Å². The van der Waals surface area contributed by atoms with Gasteiger partial charge in [0.15, 0.2) is 0 Å². The molecule has 77 heavy (non-hydrogen) atoms. The Kier molecular flexibility index (Phi) is 19.1. The van der Waals surface area contributed by atoms with Gasteiger partial charge in [-0.15, -0.1) is 0 Å². The molecule has 0 fully saturated rings. The molecule has 0 bridgehead atoms. The molecular weight excluding hydrogens is 975 g/mol. The van der Waals surface area contributed by atoms with Gasteiger partial charge in [0, 0.05) is 10.5 Å². The summed E-state index contributed by atoms with van der Waals surface area (Å²) >= 11 is 0. The third-order valence-electron chi connectivity index (χ3n) is 15.8. The summed E-state index contributed by atoms with van der Waals surface area (Å²) in [7, 11) is 3.30. The lowest BCUT2D eigenvalue weighted by Gasteiger charge is -2.30. The predicted molar refractivity (Wildman–Crippen MR) is 340 cm³/mol. The summed E-state index contributed by atoms with van der Waals surface area (Å²) in [6.45, 7) is 41.3. The van der Waals surface area contributed by atoms with Gasteiger partial charge < -0.3 is 10.8 Å². The minimum Gasteiger partial charge on any atom is -0.480 e. The first kappa shape index (κ1) is 59.3. The van der Waals surface area contributed by atoms with Crippen LogP contribution in [0, 0.1) is 0 Å². The Balaban J connectivity index is 1.72. The van der Waals surface area contributed by atoms with Crippen molar-refractivity contribution in [3.05, 3.63) is 177 Å². The van der Waals surface area contributed by atoms with Gasteiger partial charge in [-0.2, -0.15) is 0 Å². The van der Waals surface area contributed by atoms with E-state index in [0.29, 0.717) is 41.3 Å². The van der Waals surface area contributed by atoms with Crippen molar-refractivity contribution in [2.45, 2.75) is 189 Å². The van der Waals surface area contributed by atoms with E-state index in [4.69, 9.17) is 5.73 Å². The average molecular weight is 1060 g/mol. The second-order valence-corrected chi connectivity index (χ2v) is 27.6. The van der Waals surface area contributed by atoms with Crippen LogP contribution in [-0.2, 0) is 10.5 Å². The number of aliphatic carboxylic acids is 1. The third-order valence-corrected chi connectivity index (χ3v) is 19.0. The summed E-state index contributed by atoms with van der Waals surface area (Å²) in [4.78, 5) is 12.5. The fourth-order valence-electron chi connectivity index (χ4n) is 11.8. The highest BCUT2D eigenvalue weighted by molar-refractivity contribution is 8.76. The average Bonchev–Trinajstić information content (AvgIpc) is 3.42. The molecule has 0 spiro atoms. The molecule has 7 rings (SSSR count). The maximum atomic E-state index is 12.5. The van der Waals surface area contributed by atoms with E-state index < -0.39 is 16.8 Å². The van der Waals surface area contributed by atoms with Gasteiger partial charge in [0.25, 0.3) is 0 Å². The molecule has 0 heterocycles. The van der Waals surface area contributed by atoms with Crippen LogP contribution in [0.3, 0.4) is 0 Å². The summed E-state index contributed by atoms with van der Waals surface area (Å²) in [6.07, 6.45) is 0. The van der Waals surface area contributed by atoms with Crippen LogP contribution in [0.5, 0.6) is 0 Å². The molecule has 7 aromatic carbocycles. The Labute approximate surface area is 473 Å². The highest BCUT2D eigenvalue weighted by atomic mass is 33.1. The molecule has 5 heteroatoms. The van der Waals surface area contributed by atoms with Crippen molar-refractivity contribution >= 4 is 27.6 Å². The van der Waals surface area contributed by atoms with Crippen LogP contribution in [0.4, 0.5) is 0 Å². The Morgan fingerprint density at radius 1 is 0.416 bits per heavy atom. The number of carbonyl (C=O) groups is 1. The topological polar surface area (TPSA) is 63.3 Å². The molecule has 1 atom stereocenters. The van der Waals surface area contributed by atoms with Gasteiger partial charge in [0.2, 0.25) is 0 Å². The lowest BCUT2D eigenvalue weighted by Crippen LogP contribution is -2.46. The van der Waals surface area contributed by atoms with E-state index in [0.717, 1.165) is 0 Å². The summed E-state index contributed by atoms with van der Waals surface area (Å²) in [5, 5.41) is 10.2. The fraction of sp³-hybridized carbons (Fsp3) is 0.403. The molecule has 0 saturated carbocycles. The Morgan fingerprint density at radius 2 is 0.714 bits per heavy atom. The van der Waals surface area contributed by atoms with Crippen molar-refractivity contribution in [2.75, 3.05) is 0 Å². The summed E-state index contributed by atoms with van der Waals surface area (Å²) < 4.78 is -0.749. The zero-order valence-corrected chi connectivity index (χ0v) is 51.4.